The lowest BCUT2D eigenvalue weighted by molar-refractivity contribution is -0.120. The van der Waals surface area contributed by atoms with Gasteiger partial charge in [-0.1, -0.05) is 44.2 Å². The third kappa shape index (κ3) is 5.24. The van der Waals surface area contributed by atoms with E-state index < -0.39 is 6.10 Å². The van der Waals surface area contributed by atoms with Gasteiger partial charge in [0.1, 0.15) is 11.5 Å². The molecule has 5 nitrogen and oxygen atoms in total. The lowest BCUT2D eigenvalue weighted by Crippen LogP contribution is -2.49. The van der Waals surface area contributed by atoms with Crippen LogP contribution in [0.5, 0.6) is 0 Å². The quantitative estimate of drug-likeness (QED) is 0.685. The third-order valence-electron chi connectivity index (χ3n) is 5.46. The van der Waals surface area contributed by atoms with Gasteiger partial charge >= 0.3 is 0 Å². The maximum absolute atomic E-state index is 11.7. The Kier molecular flexibility index (Phi) is 6.26. The first-order valence-corrected chi connectivity index (χ1v) is 10.1. The van der Waals surface area contributed by atoms with Gasteiger partial charge in [0.25, 0.3) is 0 Å². The van der Waals surface area contributed by atoms with Crippen molar-refractivity contribution in [1.29, 1.82) is 0 Å². The molecule has 0 unspecified atom stereocenters. The zero-order valence-corrected chi connectivity index (χ0v) is 17.3. The van der Waals surface area contributed by atoms with E-state index in [0.717, 1.165) is 29.9 Å². The molecule has 1 aliphatic carbocycles. The number of rotatable bonds is 7. The average Bonchev–Trinajstić information content (AvgIpc) is 2.98. The molecule has 1 aliphatic rings. The number of amides is 1. The normalized spacial score (nSPS) is 20.2. The monoisotopic (exact) mass is 384 g/mol. The van der Waals surface area contributed by atoms with Crippen LogP contribution < -0.4 is 10.6 Å². The van der Waals surface area contributed by atoms with Crippen molar-refractivity contribution in [3.05, 3.63) is 59.0 Å². The summed E-state index contributed by atoms with van der Waals surface area (Å²) in [4.78, 5) is 11.7. The van der Waals surface area contributed by atoms with Crippen LogP contribution >= 0.6 is 0 Å². The Morgan fingerprint density at radius 1 is 1.32 bits per heavy atom. The van der Waals surface area contributed by atoms with Crippen molar-refractivity contribution in [3.8, 4) is 0 Å². The highest BCUT2D eigenvalue weighted by Crippen LogP contribution is 2.41. The molecule has 3 rings (SSSR count). The van der Waals surface area contributed by atoms with Gasteiger partial charge in [0.2, 0.25) is 5.91 Å². The fourth-order valence-corrected chi connectivity index (χ4v) is 4.18. The molecule has 28 heavy (non-hydrogen) atoms. The Morgan fingerprint density at radius 3 is 2.71 bits per heavy atom. The molecule has 1 aromatic carbocycles. The van der Waals surface area contributed by atoms with Gasteiger partial charge in [0, 0.05) is 31.5 Å². The highest BCUT2D eigenvalue weighted by atomic mass is 16.3. The van der Waals surface area contributed by atoms with E-state index in [0.29, 0.717) is 13.0 Å². The van der Waals surface area contributed by atoms with Crippen LogP contribution in [-0.4, -0.2) is 29.7 Å². The first-order valence-electron chi connectivity index (χ1n) is 10.1. The third-order valence-corrected chi connectivity index (χ3v) is 5.46. The van der Waals surface area contributed by atoms with Crippen molar-refractivity contribution in [1.82, 2.24) is 10.6 Å². The fraction of sp³-hybridized carbons (Fsp3) is 0.522. The van der Waals surface area contributed by atoms with Gasteiger partial charge in [0.05, 0.1) is 12.1 Å². The summed E-state index contributed by atoms with van der Waals surface area (Å²) >= 11 is 0. The van der Waals surface area contributed by atoms with Crippen LogP contribution in [0.1, 0.15) is 55.9 Å². The number of aliphatic hydroxyl groups excluding tert-OH is 1. The molecule has 1 aromatic heterocycles. The first kappa shape index (κ1) is 20.6. The summed E-state index contributed by atoms with van der Waals surface area (Å²) in [5.41, 5.74) is 2.43. The summed E-state index contributed by atoms with van der Waals surface area (Å²) in [7, 11) is 0. The standard InChI is InChI=1S/C23H32N2O3/c1-15-10-18-20(12-23(3,4)13-22(18)28-15)24-14-21(27)19(25-16(2)26)11-17-8-6-5-7-9-17/h5-10,19-21,24,27H,11-14H2,1-4H3,(H,25,26)/t19-,20-,21-/m0/s1. The molecule has 3 atom stereocenters. The predicted molar refractivity (Wildman–Crippen MR) is 110 cm³/mol. The number of nitrogens with one attached hydrogen (secondary N) is 2. The lowest BCUT2D eigenvalue weighted by Gasteiger charge is -2.35. The number of aliphatic hydroxyl groups is 1. The molecule has 152 valence electrons. The van der Waals surface area contributed by atoms with E-state index >= 15 is 0 Å². The molecule has 1 amide bonds. The fourth-order valence-electron chi connectivity index (χ4n) is 4.18. The molecule has 0 aliphatic heterocycles. The van der Waals surface area contributed by atoms with E-state index in [9.17, 15) is 9.90 Å². The van der Waals surface area contributed by atoms with E-state index in [1.807, 2.05) is 37.3 Å². The molecule has 0 bridgehead atoms. The molecule has 3 N–H and O–H groups in total. The van der Waals surface area contributed by atoms with Crippen LogP contribution in [0.4, 0.5) is 0 Å². The molecule has 0 fully saturated rings. The Balaban J connectivity index is 1.68. The number of benzene rings is 1. The molecule has 0 saturated heterocycles. The van der Waals surface area contributed by atoms with Gasteiger partial charge < -0.3 is 20.2 Å². The van der Waals surface area contributed by atoms with Gasteiger partial charge in [-0.3, -0.25) is 4.79 Å². The van der Waals surface area contributed by atoms with Crippen LogP contribution in [0, 0.1) is 12.3 Å². The Labute approximate surface area is 167 Å². The number of hydrogen-bond donors (Lipinski definition) is 3. The Morgan fingerprint density at radius 2 is 2.04 bits per heavy atom. The smallest absolute Gasteiger partial charge is 0.217 e. The number of carbonyl (C=O) groups excluding carboxylic acids is 1. The lowest BCUT2D eigenvalue weighted by atomic mass is 9.74. The molecule has 0 saturated carbocycles. The van der Waals surface area contributed by atoms with E-state index in [-0.39, 0.29) is 23.4 Å². The highest BCUT2D eigenvalue weighted by Gasteiger charge is 2.35. The van der Waals surface area contributed by atoms with Crippen molar-refractivity contribution in [3.63, 3.8) is 0 Å². The minimum Gasteiger partial charge on any atom is -0.466 e. The van der Waals surface area contributed by atoms with Crippen LogP contribution in [0.3, 0.4) is 0 Å². The van der Waals surface area contributed by atoms with Crippen molar-refractivity contribution >= 4 is 5.91 Å². The van der Waals surface area contributed by atoms with E-state index in [2.05, 4.69) is 30.5 Å². The van der Waals surface area contributed by atoms with Gasteiger partial charge in [-0.2, -0.15) is 0 Å². The Hall–Kier alpha value is -2.11. The molecular weight excluding hydrogens is 352 g/mol. The second kappa shape index (κ2) is 8.50. The van der Waals surface area contributed by atoms with Gasteiger partial charge in [-0.15, -0.1) is 0 Å². The number of aryl methyl sites for hydroxylation is 1. The summed E-state index contributed by atoms with van der Waals surface area (Å²) in [5.74, 6) is 1.84. The molecule has 5 heteroatoms. The molecule has 0 radical (unpaired) electrons. The molecular formula is C23H32N2O3. The highest BCUT2D eigenvalue weighted by molar-refractivity contribution is 5.73. The van der Waals surface area contributed by atoms with Gasteiger partial charge in [-0.05, 0) is 36.8 Å². The minimum absolute atomic E-state index is 0.133. The second-order valence-electron chi connectivity index (χ2n) is 8.81. The van der Waals surface area contributed by atoms with Crippen molar-refractivity contribution in [2.45, 2.75) is 65.1 Å². The first-order chi connectivity index (χ1) is 13.2. The van der Waals surface area contributed by atoms with Gasteiger partial charge in [-0.25, -0.2) is 0 Å². The summed E-state index contributed by atoms with van der Waals surface area (Å²) < 4.78 is 5.90. The average molecular weight is 385 g/mol. The maximum Gasteiger partial charge on any atom is 0.217 e. The second-order valence-corrected chi connectivity index (χ2v) is 8.81. The summed E-state index contributed by atoms with van der Waals surface area (Å²) in [5, 5.41) is 17.3. The summed E-state index contributed by atoms with van der Waals surface area (Å²) in [6, 6.07) is 11.8. The molecule has 0 spiro atoms. The van der Waals surface area contributed by atoms with Crippen LogP contribution in [0.15, 0.2) is 40.8 Å². The van der Waals surface area contributed by atoms with Crippen molar-refractivity contribution in [2.24, 2.45) is 5.41 Å². The van der Waals surface area contributed by atoms with E-state index in [1.165, 1.54) is 12.5 Å². The van der Waals surface area contributed by atoms with E-state index in [4.69, 9.17) is 4.42 Å². The van der Waals surface area contributed by atoms with Crippen molar-refractivity contribution < 1.29 is 14.3 Å². The zero-order valence-electron chi connectivity index (χ0n) is 17.3. The summed E-state index contributed by atoms with van der Waals surface area (Å²) in [6.07, 6.45) is 1.81. The topological polar surface area (TPSA) is 74.5 Å². The SMILES string of the molecule is CC(=O)N[C@@H](Cc1ccccc1)[C@@H](O)CN[C@H]1CC(C)(C)Cc2oc(C)cc21. The maximum atomic E-state index is 11.7. The zero-order chi connectivity index (χ0) is 20.3. The molecule has 2 aromatic rings. The summed E-state index contributed by atoms with van der Waals surface area (Å²) in [6.45, 7) is 8.36. The van der Waals surface area contributed by atoms with Crippen LogP contribution in [0.2, 0.25) is 0 Å². The van der Waals surface area contributed by atoms with Crippen LogP contribution in [0.25, 0.3) is 0 Å². The molecule has 1 heterocycles. The van der Waals surface area contributed by atoms with Crippen molar-refractivity contribution in [2.75, 3.05) is 6.54 Å². The van der Waals surface area contributed by atoms with Gasteiger partial charge in [0.15, 0.2) is 0 Å². The Bertz CT molecular complexity index is 797. The largest absolute Gasteiger partial charge is 0.466 e. The van der Waals surface area contributed by atoms with Crippen LogP contribution in [-0.2, 0) is 17.6 Å². The predicted octanol–water partition coefficient (Wildman–Crippen LogP) is 3.30. The number of furan rings is 1. The van der Waals surface area contributed by atoms with E-state index in [1.54, 1.807) is 0 Å². The number of hydrogen-bond acceptors (Lipinski definition) is 4. The number of carbonyl (C=O) groups is 1. The minimum atomic E-state index is -0.689. The number of fused-ring (bicyclic) bond motifs is 1.